The van der Waals surface area contributed by atoms with Gasteiger partial charge in [0, 0.05) is 25.4 Å². The molecule has 0 saturated heterocycles. The first-order valence-corrected chi connectivity index (χ1v) is 8.25. The van der Waals surface area contributed by atoms with E-state index >= 15 is 0 Å². The molecule has 4 rings (SSSR count). The number of amides is 1. The third-order valence-electron chi connectivity index (χ3n) is 4.23. The van der Waals surface area contributed by atoms with E-state index in [1.165, 1.54) is 21.8 Å². The van der Waals surface area contributed by atoms with Crippen LogP contribution in [0.25, 0.3) is 16.6 Å². The average Bonchev–Trinajstić information content (AvgIpc) is 3.22. The van der Waals surface area contributed by atoms with Gasteiger partial charge in [-0.3, -0.25) is 4.79 Å². The Hall–Kier alpha value is -3.54. The van der Waals surface area contributed by atoms with Crippen LogP contribution in [-0.2, 0) is 6.54 Å². The van der Waals surface area contributed by atoms with Gasteiger partial charge in [0.15, 0.2) is 5.82 Å². The summed E-state index contributed by atoms with van der Waals surface area (Å²) in [7, 11) is 1.80. The molecule has 26 heavy (non-hydrogen) atoms. The maximum Gasteiger partial charge on any atom is 0.254 e. The van der Waals surface area contributed by atoms with Crippen molar-refractivity contribution in [2.75, 3.05) is 7.05 Å². The van der Waals surface area contributed by atoms with Crippen LogP contribution in [0.15, 0.2) is 73.4 Å². The lowest BCUT2D eigenvalue weighted by atomic mass is 10.1. The normalized spacial score (nSPS) is 10.8. The van der Waals surface area contributed by atoms with Gasteiger partial charge in [0.05, 0.1) is 0 Å². The summed E-state index contributed by atoms with van der Waals surface area (Å²) in [6, 6.07) is 17.9. The quantitative estimate of drug-likeness (QED) is 0.571. The summed E-state index contributed by atoms with van der Waals surface area (Å²) in [6.45, 7) is 0.532. The molecule has 0 bridgehead atoms. The van der Waals surface area contributed by atoms with Crippen LogP contribution >= 0.6 is 0 Å². The number of carbonyl (C=O) groups excluding carboxylic acids is 1. The Morgan fingerprint density at radius 1 is 1.08 bits per heavy atom. The summed E-state index contributed by atoms with van der Waals surface area (Å²) < 4.78 is 1.53. The maximum absolute atomic E-state index is 12.8. The number of hydrogen-bond acceptors (Lipinski definition) is 4. The topological polar surface area (TPSA) is 63.9 Å². The van der Waals surface area contributed by atoms with Gasteiger partial charge in [0.1, 0.15) is 12.7 Å². The molecule has 4 aromatic rings. The van der Waals surface area contributed by atoms with Crippen LogP contribution in [0.1, 0.15) is 15.9 Å². The molecule has 0 spiro atoms. The zero-order valence-electron chi connectivity index (χ0n) is 14.3. The van der Waals surface area contributed by atoms with Gasteiger partial charge in [0.2, 0.25) is 0 Å². The standard InChI is InChI=1S/C20H17N5O/c1-24(12-15-6-7-16-4-2-3-5-17(16)10-15)20(26)18-8-9-22-19(11-18)25-14-21-13-23-25/h2-11,13-14H,12H2,1H3. The van der Waals surface area contributed by atoms with E-state index in [2.05, 4.69) is 45.4 Å². The van der Waals surface area contributed by atoms with Crippen molar-refractivity contribution >= 4 is 16.7 Å². The van der Waals surface area contributed by atoms with Gasteiger partial charge < -0.3 is 4.90 Å². The predicted octanol–water partition coefficient (Wildman–Crippen LogP) is 3.09. The fraction of sp³-hybridized carbons (Fsp3) is 0.100. The Balaban J connectivity index is 1.55. The molecule has 6 heteroatoms. The zero-order valence-corrected chi connectivity index (χ0v) is 14.3. The third-order valence-corrected chi connectivity index (χ3v) is 4.23. The fourth-order valence-electron chi connectivity index (χ4n) is 2.91. The van der Waals surface area contributed by atoms with Crippen molar-refractivity contribution in [2.24, 2.45) is 0 Å². The Morgan fingerprint density at radius 3 is 2.73 bits per heavy atom. The average molecular weight is 343 g/mol. The maximum atomic E-state index is 12.8. The molecule has 0 aliphatic carbocycles. The lowest BCUT2D eigenvalue weighted by molar-refractivity contribution is 0.0785. The van der Waals surface area contributed by atoms with Crippen LogP contribution in [0, 0.1) is 0 Å². The number of hydrogen-bond donors (Lipinski definition) is 0. The van der Waals surface area contributed by atoms with Gasteiger partial charge in [-0.2, -0.15) is 5.10 Å². The van der Waals surface area contributed by atoms with Gasteiger partial charge in [0.25, 0.3) is 5.91 Å². The van der Waals surface area contributed by atoms with Gasteiger partial charge >= 0.3 is 0 Å². The van der Waals surface area contributed by atoms with Crippen LogP contribution in [0.3, 0.4) is 0 Å². The lowest BCUT2D eigenvalue weighted by Crippen LogP contribution is -2.26. The summed E-state index contributed by atoms with van der Waals surface area (Å²) in [5.41, 5.74) is 1.65. The van der Waals surface area contributed by atoms with Crippen molar-refractivity contribution in [1.29, 1.82) is 0 Å². The highest BCUT2D eigenvalue weighted by atomic mass is 16.2. The van der Waals surface area contributed by atoms with Crippen molar-refractivity contribution in [2.45, 2.75) is 6.54 Å². The highest BCUT2D eigenvalue weighted by Gasteiger charge is 2.14. The van der Waals surface area contributed by atoms with E-state index in [4.69, 9.17) is 0 Å². The van der Waals surface area contributed by atoms with Crippen LogP contribution in [0.5, 0.6) is 0 Å². The van der Waals surface area contributed by atoms with E-state index in [0.29, 0.717) is 17.9 Å². The largest absolute Gasteiger partial charge is 0.337 e. The number of pyridine rings is 1. The lowest BCUT2D eigenvalue weighted by Gasteiger charge is -2.18. The van der Waals surface area contributed by atoms with Crippen molar-refractivity contribution < 1.29 is 4.79 Å². The molecule has 0 fully saturated rings. The molecule has 0 unspecified atom stereocenters. The molecule has 0 N–H and O–H groups in total. The molecule has 2 aromatic carbocycles. The number of fused-ring (bicyclic) bond motifs is 1. The van der Waals surface area contributed by atoms with Crippen LogP contribution in [0.4, 0.5) is 0 Å². The van der Waals surface area contributed by atoms with Gasteiger partial charge in [-0.05, 0) is 34.5 Å². The van der Waals surface area contributed by atoms with Crippen LogP contribution < -0.4 is 0 Å². The number of carbonyl (C=O) groups is 1. The minimum absolute atomic E-state index is 0.0677. The summed E-state index contributed by atoms with van der Waals surface area (Å²) in [5.74, 6) is 0.495. The molecular weight excluding hydrogens is 326 g/mol. The van der Waals surface area contributed by atoms with E-state index < -0.39 is 0 Å². The molecular formula is C20H17N5O. The van der Waals surface area contributed by atoms with Crippen molar-refractivity contribution in [3.63, 3.8) is 0 Å². The van der Waals surface area contributed by atoms with E-state index in [1.807, 2.05) is 12.1 Å². The second-order valence-electron chi connectivity index (χ2n) is 6.09. The van der Waals surface area contributed by atoms with Gasteiger partial charge in [-0.25, -0.2) is 14.6 Å². The number of aromatic nitrogens is 4. The molecule has 0 aliphatic heterocycles. The van der Waals surface area contributed by atoms with Gasteiger partial charge in [-0.1, -0.05) is 36.4 Å². The molecule has 0 saturated carbocycles. The molecule has 128 valence electrons. The molecule has 6 nitrogen and oxygen atoms in total. The summed E-state index contributed by atoms with van der Waals surface area (Å²) >= 11 is 0. The molecule has 0 radical (unpaired) electrons. The second-order valence-corrected chi connectivity index (χ2v) is 6.09. The fourth-order valence-corrected chi connectivity index (χ4v) is 2.91. The van der Waals surface area contributed by atoms with Crippen LogP contribution in [0.2, 0.25) is 0 Å². The molecule has 2 heterocycles. The predicted molar refractivity (Wildman–Crippen MR) is 98.9 cm³/mol. The zero-order chi connectivity index (χ0) is 17.9. The molecule has 1 amide bonds. The Kier molecular flexibility index (Phi) is 4.15. The van der Waals surface area contributed by atoms with Gasteiger partial charge in [-0.15, -0.1) is 0 Å². The molecule has 2 aromatic heterocycles. The summed E-state index contributed by atoms with van der Waals surface area (Å²) in [4.78, 5) is 22.6. The number of benzene rings is 2. The summed E-state index contributed by atoms with van der Waals surface area (Å²) in [6.07, 6.45) is 4.59. The van der Waals surface area contributed by atoms with Crippen molar-refractivity contribution in [3.05, 3.63) is 84.6 Å². The van der Waals surface area contributed by atoms with E-state index in [-0.39, 0.29) is 5.91 Å². The van der Waals surface area contributed by atoms with Crippen molar-refractivity contribution in [3.8, 4) is 5.82 Å². The van der Waals surface area contributed by atoms with E-state index in [9.17, 15) is 4.79 Å². The first kappa shape index (κ1) is 16.0. The third kappa shape index (κ3) is 3.17. The van der Waals surface area contributed by atoms with E-state index in [0.717, 1.165) is 5.56 Å². The first-order chi connectivity index (χ1) is 12.7. The first-order valence-electron chi connectivity index (χ1n) is 8.25. The Morgan fingerprint density at radius 2 is 1.92 bits per heavy atom. The monoisotopic (exact) mass is 343 g/mol. The Bertz CT molecular complexity index is 1060. The molecule has 0 aliphatic rings. The Labute approximate surface area is 150 Å². The van der Waals surface area contributed by atoms with Crippen molar-refractivity contribution in [1.82, 2.24) is 24.6 Å². The number of rotatable bonds is 4. The highest BCUT2D eigenvalue weighted by Crippen LogP contribution is 2.17. The number of nitrogens with zero attached hydrogens (tertiary/aromatic N) is 5. The SMILES string of the molecule is CN(Cc1ccc2ccccc2c1)C(=O)c1ccnc(-n2cncn2)c1. The second kappa shape index (κ2) is 6.76. The minimum atomic E-state index is -0.0677. The van der Waals surface area contributed by atoms with E-state index in [1.54, 1.807) is 36.6 Å². The highest BCUT2D eigenvalue weighted by molar-refractivity contribution is 5.94. The minimum Gasteiger partial charge on any atom is -0.337 e. The smallest absolute Gasteiger partial charge is 0.254 e. The summed E-state index contributed by atoms with van der Waals surface area (Å²) in [5, 5.41) is 6.41. The molecule has 0 atom stereocenters. The van der Waals surface area contributed by atoms with Crippen LogP contribution in [-0.4, -0.2) is 37.6 Å².